The van der Waals surface area contributed by atoms with Crippen LogP contribution in [0.5, 0.6) is 0 Å². The predicted molar refractivity (Wildman–Crippen MR) is 76.3 cm³/mol. The molecule has 0 heterocycles. The third-order valence-corrected chi connectivity index (χ3v) is 2.53. The average molecular weight is 276 g/mol. The topological polar surface area (TPSA) is 71.3 Å². The van der Waals surface area contributed by atoms with Crippen LogP contribution in [-0.2, 0) is 14.3 Å². The number of hydrogen-bond acceptors (Lipinski definition) is 4. The zero-order chi connectivity index (χ0) is 15.0. The van der Waals surface area contributed by atoms with Gasteiger partial charge in [-0.2, -0.15) is 5.26 Å². The van der Waals surface area contributed by atoms with Crippen LogP contribution in [0.2, 0.25) is 0 Å². The van der Waals surface area contributed by atoms with Crippen LogP contribution < -0.4 is 5.32 Å². The first-order valence-corrected chi connectivity index (χ1v) is 6.57. The monoisotopic (exact) mass is 276 g/mol. The van der Waals surface area contributed by atoms with Crippen molar-refractivity contribution >= 4 is 11.6 Å². The fraction of sp³-hybridized carbons (Fsp3) is 0.467. The van der Waals surface area contributed by atoms with Gasteiger partial charge in [-0.3, -0.25) is 4.79 Å². The van der Waals surface area contributed by atoms with E-state index in [1.807, 2.05) is 19.9 Å². The summed E-state index contributed by atoms with van der Waals surface area (Å²) in [6.45, 7) is 6.39. The maximum Gasteiger partial charge on any atom is 0.253 e. The molecule has 0 aliphatic heterocycles. The standard InChI is InChI=1S/C15H20N2O3/c1-11(2)19-7-8-20-12(3)15(18)17-14-6-4-5-13(9-14)10-16/h4-6,9,11-12H,7-8H2,1-3H3,(H,17,18). The van der Waals surface area contributed by atoms with Gasteiger partial charge in [-0.15, -0.1) is 0 Å². The molecule has 1 aromatic carbocycles. The van der Waals surface area contributed by atoms with Crippen LogP contribution in [-0.4, -0.2) is 31.3 Å². The van der Waals surface area contributed by atoms with Gasteiger partial charge < -0.3 is 14.8 Å². The van der Waals surface area contributed by atoms with Crippen LogP contribution in [0.4, 0.5) is 5.69 Å². The summed E-state index contributed by atoms with van der Waals surface area (Å²) in [5.41, 5.74) is 1.09. The first-order valence-electron chi connectivity index (χ1n) is 6.57. The summed E-state index contributed by atoms with van der Waals surface area (Å²) in [6.07, 6.45) is -0.423. The molecule has 0 radical (unpaired) electrons. The molecule has 1 N–H and O–H groups in total. The van der Waals surface area contributed by atoms with E-state index in [9.17, 15) is 4.79 Å². The molecule has 1 aromatic rings. The van der Waals surface area contributed by atoms with E-state index in [0.29, 0.717) is 24.5 Å². The van der Waals surface area contributed by atoms with Gasteiger partial charge in [0.15, 0.2) is 0 Å². The molecule has 5 heteroatoms. The van der Waals surface area contributed by atoms with Gasteiger partial charge in [-0.05, 0) is 39.0 Å². The summed E-state index contributed by atoms with van der Waals surface area (Å²) in [4.78, 5) is 11.9. The summed E-state index contributed by atoms with van der Waals surface area (Å²) in [5, 5.41) is 11.5. The molecule has 20 heavy (non-hydrogen) atoms. The van der Waals surface area contributed by atoms with Crippen molar-refractivity contribution in [2.45, 2.75) is 33.0 Å². The first-order chi connectivity index (χ1) is 9.52. The van der Waals surface area contributed by atoms with Crippen LogP contribution in [0.15, 0.2) is 24.3 Å². The van der Waals surface area contributed by atoms with Gasteiger partial charge in [0.1, 0.15) is 6.10 Å². The number of nitrogens with one attached hydrogen (secondary N) is 1. The molecule has 0 aromatic heterocycles. The molecule has 5 nitrogen and oxygen atoms in total. The average Bonchev–Trinajstić information content (AvgIpc) is 2.43. The van der Waals surface area contributed by atoms with E-state index in [-0.39, 0.29) is 12.0 Å². The van der Waals surface area contributed by atoms with E-state index in [1.54, 1.807) is 31.2 Å². The summed E-state index contributed by atoms with van der Waals surface area (Å²) >= 11 is 0. The maximum absolute atomic E-state index is 11.9. The maximum atomic E-state index is 11.9. The third-order valence-electron chi connectivity index (χ3n) is 2.53. The first kappa shape index (κ1) is 16.2. The number of amides is 1. The third kappa shape index (κ3) is 5.83. The van der Waals surface area contributed by atoms with Crippen LogP contribution in [0, 0.1) is 11.3 Å². The Labute approximate surface area is 119 Å². The van der Waals surface area contributed by atoms with Crippen LogP contribution >= 0.6 is 0 Å². The molecular weight excluding hydrogens is 256 g/mol. The zero-order valence-corrected chi connectivity index (χ0v) is 12.1. The number of carbonyl (C=O) groups excluding carboxylic acids is 1. The zero-order valence-electron chi connectivity index (χ0n) is 12.1. The fourth-order valence-electron chi connectivity index (χ4n) is 1.49. The van der Waals surface area contributed by atoms with E-state index in [0.717, 1.165) is 0 Å². The van der Waals surface area contributed by atoms with E-state index < -0.39 is 6.10 Å². The second kappa shape index (κ2) is 8.31. The lowest BCUT2D eigenvalue weighted by molar-refractivity contribution is -0.127. The second-order valence-electron chi connectivity index (χ2n) is 4.61. The summed E-state index contributed by atoms with van der Waals surface area (Å²) in [7, 11) is 0. The molecule has 1 rings (SSSR count). The summed E-state index contributed by atoms with van der Waals surface area (Å²) in [6, 6.07) is 8.77. The predicted octanol–water partition coefficient (Wildman–Crippen LogP) is 2.33. The Morgan fingerprint density at radius 3 is 2.65 bits per heavy atom. The van der Waals surface area contributed by atoms with Crippen molar-refractivity contribution < 1.29 is 14.3 Å². The minimum Gasteiger partial charge on any atom is -0.376 e. The molecule has 0 bridgehead atoms. The van der Waals surface area contributed by atoms with Gasteiger partial charge >= 0.3 is 0 Å². The smallest absolute Gasteiger partial charge is 0.253 e. The molecule has 0 aliphatic carbocycles. The van der Waals surface area contributed by atoms with Gasteiger partial charge in [0.05, 0.1) is 31.0 Å². The van der Waals surface area contributed by atoms with Gasteiger partial charge in [0.25, 0.3) is 5.91 Å². The Bertz CT molecular complexity index is 480. The molecule has 1 atom stereocenters. The number of benzene rings is 1. The highest BCUT2D eigenvalue weighted by Gasteiger charge is 2.13. The highest BCUT2D eigenvalue weighted by atomic mass is 16.5. The van der Waals surface area contributed by atoms with Gasteiger partial charge in [-0.25, -0.2) is 0 Å². The Balaban J connectivity index is 2.39. The van der Waals surface area contributed by atoms with Crippen molar-refractivity contribution in [2.24, 2.45) is 0 Å². The van der Waals surface area contributed by atoms with Gasteiger partial charge in [0, 0.05) is 5.69 Å². The van der Waals surface area contributed by atoms with Crippen LogP contribution in [0.3, 0.4) is 0 Å². The molecule has 1 unspecified atom stereocenters. The molecule has 1 amide bonds. The highest BCUT2D eigenvalue weighted by molar-refractivity contribution is 5.94. The lowest BCUT2D eigenvalue weighted by Gasteiger charge is -2.14. The van der Waals surface area contributed by atoms with E-state index in [1.165, 1.54) is 0 Å². The highest BCUT2D eigenvalue weighted by Crippen LogP contribution is 2.10. The molecule has 0 saturated heterocycles. The molecular formula is C15H20N2O3. The van der Waals surface area contributed by atoms with Crippen molar-refractivity contribution in [3.05, 3.63) is 29.8 Å². The number of hydrogen-bond donors (Lipinski definition) is 1. The van der Waals surface area contributed by atoms with Crippen molar-refractivity contribution in [3.8, 4) is 6.07 Å². The number of carbonyl (C=O) groups is 1. The Morgan fingerprint density at radius 2 is 2.00 bits per heavy atom. The van der Waals surface area contributed by atoms with Crippen molar-refractivity contribution in [3.63, 3.8) is 0 Å². The largest absolute Gasteiger partial charge is 0.376 e. The molecule has 0 spiro atoms. The SMILES string of the molecule is CC(C)OCCOC(C)C(=O)Nc1cccc(C#N)c1. The minimum atomic E-state index is -0.573. The molecule has 0 fully saturated rings. The Hall–Kier alpha value is -1.90. The Morgan fingerprint density at radius 1 is 1.30 bits per heavy atom. The minimum absolute atomic E-state index is 0.149. The Kier molecular flexibility index (Phi) is 6.71. The normalized spacial score (nSPS) is 11.9. The van der Waals surface area contributed by atoms with Crippen molar-refractivity contribution in [1.29, 1.82) is 5.26 Å². The quantitative estimate of drug-likeness (QED) is 0.776. The number of ether oxygens (including phenoxy) is 2. The van der Waals surface area contributed by atoms with Crippen molar-refractivity contribution in [2.75, 3.05) is 18.5 Å². The lowest BCUT2D eigenvalue weighted by Crippen LogP contribution is -2.29. The molecule has 0 aliphatic rings. The number of rotatable bonds is 7. The van der Waals surface area contributed by atoms with E-state index >= 15 is 0 Å². The number of nitrogens with zero attached hydrogens (tertiary/aromatic N) is 1. The lowest BCUT2D eigenvalue weighted by atomic mass is 10.2. The van der Waals surface area contributed by atoms with Crippen LogP contribution in [0.25, 0.3) is 0 Å². The van der Waals surface area contributed by atoms with Crippen molar-refractivity contribution in [1.82, 2.24) is 0 Å². The van der Waals surface area contributed by atoms with E-state index in [4.69, 9.17) is 14.7 Å². The summed E-state index contributed by atoms with van der Waals surface area (Å²) in [5.74, 6) is -0.246. The summed E-state index contributed by atoms with van der Waals surface area (Å²) < 4.78 is 10.7. The fourth-order valence-corrected chi connectivity index (χ4v) is 1.49. The number of nitriles is 1. The second-order valence-corrected chi connectivity index (χ2v) is 4.61. The van der Waals surface area contributed by atoms with Gasteiger partial charge in [0.2, 0.25) is 0 Å². The molecule has 0 saturated carbocycles. The number of anilines is 1. The van der Waals surface area contributed by atoms with E-state index in [2.05, 4.69) is 5.32 Å². The van der Waals surface area contributed by atoms with Gasteiger partial charge in [-0.1, -0.05) is 6.07 Å². The van der Waals surface area contributed by atoms with Crippen LogP contribution in [0.1, 0.15) is 26.3 Å². The molecule has 108 valence electrons.